The number of carbonyl (C=O) groups is 4. The first kappa shape index (κ1) is 24.4. The van der Waals surface area contributed by atoms with Gasteiger partial charge in [0.25, 0.3) is 0 Å². The van der Waals surface area contributed by atoms with Gasteiger partial charge in [0.05, 0.1) is 0 Å². The van der Waals surface area contributed by atoms with E-state index in [9.17, 15) is 32.3 Å². The summed E-state index contributed by atoms with van der Waals surface area (Å²) < 4.78 is 45.6. The zero-order valence-electron chi connectivity index (χ0n) is 16.5. The summed E-state index contributed by atoms with van der Waals surface area (Å²) in [6.07, 6.45) is -4.28. The Hall–Kier alpha value is -2.82. The number of Topliss-reactive ketones (excluding diaryl/α,β-unsaturated/α-hetero) is 1. The van der Waals surface area contributed by atoms with Crippen molar-refractivity contribution in [1.29, 1.82) is 0 Å². The summed E-state index contributed by atoms with van der Waals surface area (Å²) in [4.78, 5) is 48.6. The fraction of sp³-hybridized carbons (Fsp3) is 0.474. The number of ketones is 1. The highest BCUT2D eigenvalue weighted by molar-refractivity contribution is 6.31. The summed E-state index contributed by atoms with van der Waals surface area (Å²) in [5, 5.41) is 1.62. The molecule has 1 aromatic rings. The number of hydrogen-bond donors (Lipinski definition) is 1. The Bertz CT molecular complexity index is 863. The summed E-state index contributed by atoms with van der Waals surface area (Å²) >= 11 is 6.28. The molecule has 12 heteroatoms. The molecule has 0 bridgehead atoms. The van der Waals surface area contributed by atoms with E-state index in [2.05, 4.69) is 4.74 Å². The van der Waals surface area contributed by atoms with Gasteiger partial charge in [-0.3, -0.25) is 19.3 Å². The van der Waals surface area contributed by atoms with Crippen LogP contribution in [-0.4, -0.2) is 55.2 Å². The van der Waals surface area contributed by atoms with E-state index in [0.717, 1.165) is 4.90 Å². The average Bonchev–Trinajstić information content (AvgIpc) is 2.71. The van der Waals surface area contributed by atoms with E-state index in [1.165, 1.54) is 12.4 Å². The summed E-state index contributed by atoms with van der Waals surface area (Å²) in [5.41, 5.74) is -0.925. The molecule has 0 aliphatic heterocycles. The molecule has 170 valence electrons. The van der Waals surface area contributed by atoms with Crippen molar-refractivity contribution in [3.63, 3.8) is 0 Å². The second-order valence-corrected chi connectivity index (χ2v) is 7.16. The minimum Gasteiger partial charge on any atom is -0.426 e. The second kappa shape index (κ2) is 9.99. The van der Waals surface area contributed by atoms with Gasteiger partial charge in [0.15, 0.2) is 5.78 Å². The number of hydrogen-bond acceptors (Lipinski definition) is 6. The second-order valence-electron chi connectivity index (χ2n) is 6.75. The number of esters is 1. The maximum Gasteiger partial charge on any atom is 0.471 e. The third-order valence-electron chi connectivity index (χ3n) is 4.87. The van der Waals surface area contributed by atoms with Crippen LogP contribution in [0, 0.1) is 0 Å². The van der Waals surface area contributed by atoms with Crippen molar-refractivity contribution in [3.8, 4) is 0 Å². The van der Waals surface area contributed by atoms with Crippen LogP contribution in [-0.2, 0) is 29.4 Å². The Morgan fingerprint density at radius 2 is 1.87 bits per heavy atom. The standard InChI is InChI=1S/C19H20ClF3N2O6/c1-25(17(29)31-11-30-15(27)10-24-16(28)19(21,22)23)18(9-5-4-8-14(18)26)12-6-2-3-7-13(12)20/h2-3,6-7H,4-5,8-11H2,1H3,(H,24,28). The number of benzene rings is 1. The lowest BCUT2D eigenvalue weighted by molar-refractivity contribution is -0.175. The quantitative estimate of drug-likeness (QED) is 0.513. The molecule has 0 heterocycles. The molecule has 1 unspecified atom stereocenters. The third-order valence-corrected chi connectivity index (χ3v) is 5.20. The smallest absolute Gasteiger partial charge is 0.426 e. The predicted octanol–water partition coefficient (Wildman–Crippen LogP) is 2.93. The number of carbonyl (C=O) groups excluding carboxylic acids is 4. The van der Waals surface area contributed by atoms with Crippen LogP contribution in [0.1, 0.15) is 31.2 Å². The van der Waals surface area contributed by atoms with Gasteiger partial charge < -0.3 is 14.8 Å². The summed E-state index contributed by atoms with van der Waals surface area (Å²) in [5.74, 6) is -3.78. The predicted molar refractivity (Wildman–Crippen MR) is 101 cm³/mol. The Morgan fingerprint density at radius 1 is 1.19 bits per heavy atom. The molecule has 8 nitrogen and oxygen atoms in total. The van der Waals surface area contributed by atoms with Crippen LogP contribution in [0.4, 0.5) is 18.0 Å². The molecule has 0 saturated heterocycles. The van der Waals surface area contributed by atoms with Gasteiger partial charge >= 0.3 is 24.1 Å². The van der Waals surface area contributed by atoms with Gasteiger partial charge in [-0.25, -0.2) is 4.79 Å². The van der Waals surface area contributed by atoms with Crippen LogP contribution in [0.5, 0.6) is 0 Å². The number of halogens is 4. The molecule has 1 aliphatic rings. The number of ether oxygens (including phenoxy) is 2. The summed E-state index contributed by atoms with van der Waals surface area (Å²) in [6.45, 7) is -1.98. The lowest BCUT2D eigenvalue weighted by Gasteiger charge is -2.43. The third kappa shape index (κ3) is 5.66. The maximum absolute atomic E-state index is 12.9. The minimum absolute atomic E-state index is 0.224. The lowest BCUT2D eigenvalue weighted by atomic mass is 9.74. The Kier molecular flexibility index (Phi) is 7.88. The Labute approximate surface area is 180 Å². The zero-order valence-corrected chi connectivity index (χ0v) is 17.2. The number of nitrogens with one attached hydrogen (secondary N) is 1. The Balaban J connectivity index is 2.01. The van der Waals surface area contributed by atoms with E-state index < -0.39 is 43.0 Å². The fourth-order valence-electron chi connectivity index (χ4n) is 3.33. The van der Waals surface area contributed by atoms with Crippen LogP contribution in [0.3, 0.4) is 0 Å². The SMILES string of the molecule is CN(C(=O)OCOC(=O)CNC(=O)C(F)(F)F)C1(c2ccccc2Cl)CCCCC1=O. The fourth-order valence-corrected chi connectivity index (χ4v) is 3.62. The molecule has 0 aromatic heterocycles. The molecule has 2 amide bonds. The highest BCUT2D eigenvalue weighted by atomic mass is 35.5. The molecule has 0 radical (unpaired) electrons. The lowest BCUT2D eigenvalue weighted by Crippen LogP contribution is -2.54. The molecule has 1 fully saturated rings. The number of alkyl halides is 3. The summed E-state index contributed by atoms with van der Waals surface area (Å²) in [7, 11) is 1.35. The maximum atomic E-state index is 12.9. The van der Waals surface area contributed by atoms with Crippen LogP contribution in [0.25, 0.3) is 0 Å². The molecular weight excluding hydrogens is 445 g/mol. The van der Waals surface area contributed by atoms with Crippen LogP contribution in [0.2, 0.25) is 5.02 Å². The van der Waals surface area contributed by atoms with Crippen LogP contribution < -0.4 is 5.32 Å². The number of amides is 2. The Morgan fingerprint density at radius 3 is 2.48 bits per heavy atom. The van der Waals surface area contributed by atoms with Gasteiger partial charge in [0.1, 0.15) is 12.1 Å². The normalized spacial score (nSPS) is 18.8. The topological polar surface area (TPSA) is 102 Å². The van der Waals surface area contributed by atoms with E-state index in [-0.39, 0.29) is 12.2 Å². The zero-order chi connectivity index (χ0) is 23.2. The molecule has 1 aromatic carbocycles. The number of likely N-dealkylation sites (N-methyl/N-ethyl adjacent to an activating group) is 1. The van der Waals surface area contributed by atoms with E-state index >= 15 is 0 Å². The molecule has 1 aliphatic carbocycles. The molecule has 1 saturated carbocycles. The van der Waals surface area contributed by atoms with Crippen molar-refractivity contribution in [2.45, 2.75) is 37.4 Å². The monoisotopic (exact) mass is 464 g/mol. The first-order chi connectivity index (χ1) is 14.5. The largest absolute Gasteiger partial charge is 0.471 e. The first-order valence-electron chi connectivity index (χ1n) is 9.19. The van der Waals surface area contributed by atoms with E-state index in [4.69, 9.17) is 16.3 Å². The van der Waals surface area contributed by atoms with Crippen molar-refractivity contribution in [1.82, 2.24) is 10.2 Å². The minimum atomic E-state index is -5.14. The van der Waals surface area contributed by atoms with Crippen LogP contribution in [0.15, 0.2) is 24.3 Å². The van der Waals surface area contributed by atoms with Crippen molar-refractivity contribution < 1.29 is 41.8 Å². The van der Waals surface area contributed by atoms with Crippen molar-refractivity contribution in [2.75, 3.05) is 20.4 Å². The molecule has 31 heavy (non-hydrogen) atoms. The number of rotatable bonds is 6. The highest BCUT2D eigenvalue weighted by Crippen LogP contribution is 2.42. The van der Waals surface area contributed by atoms with E-state index in [1.54, 1.807) is 24.3 Å². The van der Waals surface area contributed by atoms with Crippen molar-refractivity contribution >= 4 is 35.4 Å². The molecule has 1 N–H and O–H groups in total. The van der Waals surface area contributed by atoms with Gasteiger partial charge in [-0.05, 0) is 25.3 Å². The van der Waals surface area contributed by atoms with Gasteiger partial charge in [-0.15, -0.1) is 0 Å². The molecule has 0 spiro atoms. The molecular formula is C19H20ClF3N2O6. The average molecular weight is 465 g/mol. The van der Waals surface area contributed by atoms with E-state index in [0.29, 0.717) is 29.8 Å². The number of nitrogens with zero attached hydrogens (tertiary/aromatic N) is 1. The van der Waals surface area contributed by atoms with Gasteiger partial charge in [-0.1, -0.05) is 29.8 Å². The van der Waals surface area contributed by atoms with Gasteiger partial charge in [0.2, 0.25) is 6.79 Å². The van der Waals surface area contributed by atoms with Crippen LogP contribution >= 0.6 is 11.6 Å². The molecule has 1 atom stereocenters. The summed E-state index contributed by atoms with van der Waals surface area (Å²) in [6, 6.07) is 6.60. The van der Waals surface area contributed by atoms with Gasteiger partial charge in [0, 0.05) is 24.1 Å². The first-order valence-corrected chi connectivity index (χ1v) is 9.57. The van der Waals surface area contributed by atoms with Gasteiger partial charge in [-0.2, -0.15) is 13.2 Å². The highest BCUT2D eigenvalue weighted by Gasteiger charge is 2.48. The van der Waals surface area contributed by atoms with E-state index in [1.807, 2.05) is 0 Å². The molecule has 2 rings (SSSR count). The van der Waals surface area contributed by atoms with Crippen molar-refractivity contribution in [3.05, 3.63) is 34.9 Å². The van der Waals surface area contributed by atoms with Crippen molar-refractivity contribution in [2.24, 2.45) is 0 Å².